The molecule has 2 rings (SSSR count). The first kappa shape index (κ1) is 14.5. The summed E-state index contributed by atoms with van der Waals surface area (Å²) in [6, 6.07) is 7.18. The maximum atomic E-state index is 12.1. The Labute approximate surface area is 121 Å². The Bertz CT molecular complexity index is 670. The Hall–Kier alpha value is -1.92. The summed E-state index contributed by atoms with van der Waals surface area (Å²) in [5.74, 6) is 6.48. The van der Waals surface area contributed by atoms with Crippen LogP contribution in [-0.2, 0) is 6.54 Å². The fourth-order valence-electron chi connectivity index (χ4n) is 1.82. The molecular formula is C13H16ClN5O. The number of hydrazine groups is 1. The Morgan fingerprint density at radius 1 is 1.35 bits per heavy atom. The summed E-state index contributed by atoms with van der Waals surface area (Å²) in [4.78, 5) is 20.3. The molecule has 1 aromatic heterocycles. The fourth-order valence-corrected chi connectivity index (χ4v) is 2.01. The number of nitrogens with zero attached hydrogens (tertiary/aromatic N) is 4. The van der Waals surface area contributed by atoms with Crippen LogP contribution in [0.3, 0.4) is 0 Å². The zero-order valence-electron chi connectivity index (χ0n) is 11.4. The number of nitrogens with two attached hydrogens (primary N) is 1. The lowest BCUT2D eigenvalue weighted by Crippen LogP contribution is -2.36. The molecule has 0 amide bonds. The van der Waals surface area contributed by atoms with Crippen LogP contribution in [0.4, 0.5) is 5.95 Å². The molecular weight excluding hydrogens is 278 g/mol. The van der Waals surface area contributed by atoms with Gasteiger partial charge in [0.1, 0.15) is 5.82 Å². The molecule has 1 aromatic carbocycles. The molecule has 0 aliphatic heterocycles. The van der Waals surface area contributed by atoms with Crippen molar-refractivity contribution in [2.24, 2.45) is 5.84 Å². The lowest BCUT2D eigenvalue weighted by atomic mass is 10.2. The first-order valence-corrected chi connectivity index (χ1v) is 6.71. The SMILES string of the molecule is CCN(N)c1nc(-c2cccc(Cl)c2)n(CC)c(=O)n1. The van der Waals surface area contributed by atoms with Crippen molar-refractivity contribution in [3.8, 4) is 11.4 Å². The van der Waals surface area contributed by atoms with Crippen LogP contribution in [0.15, 0.2) is 29.1 Å². The summed E-state index contributed by atoms with van der Waals surface area (Å²) in [5, 5.41) is 1.91. The number of aromatic nitrogens is 3. The minimum atomic E-state index is -0.378. The molecule has 0 saturated carbocycles. The van der Waals surface area contributed by atoms with Crippen LogP contribution < -0.4 is 16.5 Å². The van der Waals surface area contributed by atoms with Gasteiger partial charge in [-0.25, -0.2) is 10.6 Å². The number of hydrogen-bond donors (Lipinski definition) is 1. The standard InChI is InChI=1S/C13H16ClN5O/c1-3-18-11(9-6-5-7-10(14)8-9)16-12(17-13(18)20)19(15)4-2/h5-8H,3-4,15H2,1-2H3. The van der Waals surface area contributed by atoms with Crippen LogP contribution in [0, 0.1) is 0 Å². The summed E-state index contributed by atoms with van der Waals surface area (Å²) in [5.41, 5.74) is 0.376. The van der Waals surface area contributed by atoms with Gasteiger partial charge >= 0.3 is 5.69 Å². The average Bonchev–Trinajstić information content (AvgIpc) is 2.45. The predicted octanol–water partition coefficient (Wildman–Crippen LogP) is 1.68. The van der Waals surface area contributed by atoms with Gasteiger partial charge in [0, 0.05) is 23.7 Å². The average molecular weight is 294 g/mol. The van der Waals surface area contributed by atoms with Crippen molar-refractivity contribution in [2.45, 2.75) is 20.4 Å². The first-order chi connectivity index (χ1) is 9.56. The lowest BCUT2D eigenvalue weighted by Gasteiger charge is -2.16. The van der Waals surface area contributed by atoms with Crippen molar-refractivity contribution in [3.05, 3.63) is 39.8 Å². The quantitative estimate of drug-likeness (QED) is 0.685. The molecule has 106 valence electrons. The summed E-state index contributed by atoms with van der Waals surface area (Å²) in [6.07, 6.45) is 0. The van der Waals surface area contributed by atoms with Crippen molar-refractivity contribution in [2.75, 3.05) is 11.6 Å². The van der Waals surface area contributed by atoms with E-state index in [1.54, 1.807) is 12.1 Å². The van der Waals surface area contributed by atoms with Gasteiger partial charge in [-0.2, -0.15) is 9.97 Å². The highest BCUT2D eigenvalue weighted by Crippen LogP contribution is 2.21. The van der Waals surface area contributed by atoms with E-state index in [1.165, 1.54) is 9.58 Å². The third kappa shape index (κ3) is 2.81. The fraction of sp³-hybridized carbons (Fsp3) is 0.308. The minimum Gasteiger partial charge on any atom is -0.279 e. The van der Waals surface area contributed by atoms with Gasteiger partial charge < -0.3 is 0 Å². The van der Waals surface area contributed by atoms with E-state index in [0.717, 1.165) is 5.56 Å². The van der Waals surface area contributed by atoms with E-state index < -0.39 is 0 Å². The van der Waals surface area contributed by atoms with Crippen LogP contribution in [0.2, 0.25) is 5.02 Å². The molecule has 0 bridgehead atoms. The van der Waals surface area contributed by atoms with Gasteiger partial charge in [0.2, 0.25) is 5.95 Å². The molecule has 0 spiro atoms. The van der Waals surface area contributed by atoms with Crippen molar-refractivity contribution >= 4 is 17.5 Å². The molecule has 7 heteroatoms. The van der Waals surface area contributed by atoms with E-state index in [2.05, 4.69) is 9.97 Å². The smallest absolute Gasteiger partial charge is 0.279 e. The Morgan fingerprint density at radius 2 is 2.10 bits per heavy atom. The Morgan fingerprint density at radius 3 is 2.70 bits per heavy atom. The molecule has 0 radical (unpaired) electrons. The highest BCUT2D eigenvalue weighted by molar-refractivity contribution is 6.30. The second-order valence-electron chi connectivity index (χ2n) is 4.17. The molecule has 0 atom stereocenters. The molecule has 0 aliphatic rings. The van der Waals surface area contributed by atoms with Crippen molar-refractivity contribution < 1.29 is 0 Å². The maximum Gasteiger partial charge on any atom is 0.352 e. The van der Waals surface area contributed by atoms with Gasteiger partial charge in [-0.3, -0.25) is 9.58 Å². The monoisotopic (exact) mass is 293 g/mol. The Balaban J connectivity index is 2.66. The zero-order chi connectivity index (χ0) is 14.7. The van der Waals surface area contributed by atoms with Gasteiger partial charge in [0.05, 0.1) is 0 Å². The summed E-state index contributed by atoms with van der Waals surface area (Å²) >= 11 is 5.99. The van der Waals surface area contributed by atoms with Crippen LogP contribution in [0.1, 0.15) is 13.8 Å². The maximum absolute atomic E-state index is 12.1. The molecule has 0 unspecified atom stereocenters. The van der Waals surface area contributed by atoms with Crippen LogP contribution in [-0.4, -0.2) is 21.1 Å². The van der Waals surface area contributed by atoms with E-state index >= 15 is 0 Å². The minimum absolute atomic E-state index is 0.206. The lowest BCUT2D eigenvalue weighted by molar-refractivity contribution is 0.674. The number of hydrogen-bond acceptors (Lipinski definition) is 5. The topological polar surface area (TPSA) is 77.0 Å². The first-order valence-electron chi connectivity index (χ1n) is 6.33. The summed E-state index contributed by atoms with van der Waals surface area (Å²) in [6.45, 7) is 4.69. The number of halogens is 1. The predicted molar refractivity (Wildman–Crippen MR) is 79.6 cm³/mol. The molecule has 20 heavy (non-hydrogen) atoms. The van der Waals surface area contributed by atoms with Gasteiger partial charge in [-0.1, -0.05) is 23.7 Å². The van der Waals surface area contributed by atoms with Crippen molar-refractivity contribution in [1.29, 1.82) is 0 Å². The molecule has 0 saturated heterocycles. The van der Waals surface area contributed by atoms with E-state index in [-0.39, 0.29) is 11.6 Å². The third-order valence-electron chi connectivity index (χ3n) is 2.88. The van der Waals surface area contributed by atoms with E-state index in [0.29, 0.717) is 23.9 Å². The van der Waals surface area contributed by atoms with Crippen molar-refractivity contribution in [1.82, 2.24) is 14.5 Å². The zero-order valence-corrected chi connectivity index (χ0v) is 12.1. The number of anilines is 1. The Kier molecular flexibility index (Phi) is 4.36. The number of benzene rings is 1. The molecule has 2 N–H and O–H groups in total. The van der Waals surface area contributed by atoms with Gasteiger partial charge in [0.25, 0.3) is 0 Å². The molecule has 2 aromatic rings. The molecule has 1 heterocycles. The van der Waals surface area contributed by atoms with Crippen LogP contribution in [0.5, 0.6) is 0 Å². The van der Waals surface area contributed by atoms with E-state index in [4.69, 9.17) is 17.4 Å². The van der Waals surface area contributed by atoms with Crippen LogP contribution >= 0.6 is 11.6 Å². The normalized spacial score (nSPS) is 10.6. The highest BCUT2D eigenvalue weighted by atomic mass is 35.5. The summed E-state index contributed by atoms with van der Waals surface area (Å²) < 4.78 is 1.48. The van der Waals surface area contributed by atoms with Gasteiger partial charge in [-0.15, -0.1) is 0 Å². The second-order valence-corrected chi connectivity index (χ2v) is 4.61. The van der Waals surface area contributed by atoms with Crippen molar-refractivity contribution in [3.63, 3.8) is 0 Å². The number of rotatable bonds is 4. The van der Waals surface area contributed by atoms with Crippen LogP contribution in [0.25, 0.3) is 11.4 Å². The van der Waals surface area contributed by atoms with Gasteiger partial charge in [-0.05, 0) is 26.0 Å². The molecule has 0 aliphatic carbocycles. The van der Waals surface area contributed by atoms with E-state index in [1.807, 2.05) is 26.0 Å². The second kappa shape index (κ2) is 6.02. The summed E-state index contributed by atoms with van der Waals surface area (Å²) in [7, 11) is 0. The largest absolute Gasteiger partial charge is 0.352 e. The van der Waals surface area contributed by atoms with Gasteiger partial charge in [0.15, 0.2) is 0 Å². The third-order valence-corrected chi connectivity index (χ3v) is 3.12. The molecule has 6 nitrogen and oxygen atoms in total. The molecule has 0 fully saturated rings. The highest BCUT2D eigenvalue weighted by Gasteiger charge is 2.13. The van der Waals surface area contributed by atoms with E-state index in [9.17, 15) is 4.79 Å².